The van der Waals surface area contributed by atoms with Gasteiger partial charge in [0.25, 0.3) is 0 Å². The van der Waals surface area contributed by atoms with Gasteiger partial charge in [0.2, 0.25) is 0 Å². The van der Waals surface area contributed by atoms with Crippen molar-refractivity contribution in [2.75, 3.05) is 6.54 Å². The van der Waals surface area contributed by atoms with Crippen molar-refractivity contribution in [3.63, 3.8) is 0 Å². The average molecular weight is 217 g/mol. The van der Waals surface area contributed by atoms with E-state index in [0.717, 1.165) is 18.7 Å². The Hall–Kier alpha value is -0.310. The van der Waals surface area contributed by atoms with Gasteiger partial charge in [-0.05, 0) is 25.5 Å². The van der Waals surface area contributed by atoms with Crippen molar-refractivity contribution in [1.82, 2.24) is 10.3 Å². The van der Waals surface area contributed by atoms with Crippen molar-refractivity contribution >= 4 is 23.2 Å². The predicted molar refractivity (Wildman–Crippen MR) is 54.2 cm³/mol. The number of hydrogen-bond donors (Lipinski definition) is 1. The highest BCUT2D eigenvalue weighted by atomic mass is 35.5. The quantitative estimate of drug-likeness (QED) is 0.782. The van der Waals surface area contributed by atoms with E-state index in [-0.39, 0.29) is 0 Å². The molecular formula is C9H10Cl2N2. The van der Waals surface area contributed by atoms with Gasteiger partial charge in [-0.1, -0.05) is 23.2 Å². The molecule has 4 heteroatoms. The molecule has 1 unspecified atom stereocenters. The second-order valence-corrected chi connectivity index (χ2v) is 4.01. The molecule has 1 N–H and O–H groups in total. The van der Waals surface area contributed by atoms with Crippen LogP contribution in [0.25, 0.3) is 0 Å². The Morgan fingerprint density at radius 1 is 1.46 bits per heavy atom. The van der Waals surface area contributed by atoms with E-state index in [1.54, 1.807) is 12.3 Å². The standard InChI is InChI=1S/C9H10Cl2N2/c10-6-4-7(11)9(13-5-6)8-2-1-3-12-8/h4-5,8,12H,1-3H2. The lowest BCUT2D eigenvalue weighted by Gasteiger charge is -2.10. The molecule has 1 saturated heterocycles. The zero-order chi connectivity index (χ0) is 9.26. The van der Waals surface area contributed by atoms with Gasteiger partial charge in [0.15, 0.2) is 0 Å². The van der Waals surface area contributed by atoms with Gasteiger partial charge >= 0.3 is 0 Å². The van der Waals surface area contributed by atoms with E-state index in [1.807, 2.05) is 0 Å². The summed E-state index contributed by atoms with van der Waals surface area (Å²) in [7, 11) is 0. The van der Waals surface area contributed by atoms with Gasteiger partial charge in [0.05, 0.1) is 21.8 Å². The molecule has 2 heterocycles. The maximum atomic E-state index is 6.02. The van der Waals surface area contributed by atoms with Crippen LogP contribution in [0.1, 0.15) is 24.6 Å². The summed E-state index contributed by atoms with van der Waals surface area (Å²) >= 11 is 11.8. The van der Waals surface area contributed by atoms with Crippen LogP contribution in [0.3, 0.4) is 0 Å². The Bertz CT molecular complexity index is 308. The lowest BCUT2D eigenvalue weighted by atomic mass is 10.1. The van der Waals surface area contributed by atoms with Crippen molar-refractivity contribution in [2.45, 2.75) is 18.9 Å². The van der Waals surface area contributed by atoms with Gasteiger partial charge in [-0.3, -0.25) is 4.98 Å². The number of rotatable bonds is 1. The molecule has 1 aromatic heterocycles. The summed E-state index contributed by atoms with van der Waals surface area (Å²) in [5, 5.41) is 4.59. The normalized spacial score (nSPS) is 22.2. The summed E-state index contributed by atoms with van der Waals surface area (Å²) in [5.74, 6) is 0. The zero-order valence-corrected chi connectivity index (χ0v) is 8.57. The third-order valence-corrected chi connectivity index (χ3v) is 2.74. The molecule has 70 valence electrons. The van der Waals surface area contributed by atoms with E-state index in [1.165, 1.54) is 6.42 Å². The summed E-state index contributed by atoms with van der Waals surface area (Å²) in [6, 6.07) is 2.05. The van der Waals surface area contributed by atoms with Crippen LogP contribution in [-0.2, 0) is 0 Å². The van der Waals surface area contributed by atoms with Crippen molar-refractivity contribution in [2.24, 2.45) is 0 Å². The molecule has 2 rings (SSSR count). The van der Waals surface area contributed by atoms with Crippen molar-refractivity contribution < 1.29 is 0 Å². The molecular weight excluding hydrogens is 207 g/mol. The topological polar surface area (TPSA) is 24.9 Å². The smallest absolute Gasteiger partial charge is 0.0760 e. The van der Waals surface area contributed by atoms with Crippen LogP contribution >= 0.6 is 23.2 Å². The molecule has 1 atom stereocenters. The summed E-state index contributed by atoms with van der Waals surface area (Å²) in [6.45, 7) is 1.05. The molecule has 0 bridgehead atoms. The highest BCUT2D eigenvalue weighted by Gasteiger charge is 2.19. The Kier molecular flexibility index (Phi) is 2.72. The number of halogens is 2. The largest absolute Gasteiger partial charge is 0.309 e. The third-order valence-electron chi connectivity index (χ3n) is 2.23. The van der Waals surface area contributed by atoms with E-state index in [0.29, 0.717) is 16.1 Å². The van der Waals surface area contributed by atoms with Crippen LogP contribution in [0, 0.1) is 0 Å². The number of hydrogen-bond acceptors (Lipinski definition) is 2. The van der Waals surface area contributed by atoms with Gasteiger partial charge in [-0.15, -0.1) is 0 Å². The maximum absolute atomic E-state index is 6.02. The molecule has 0 amide bonds. The first kappa shape index (κ1) is 9.25. The van der Waals surface area contributed by atoms with Gasteiger partial charge < -0.3 is 5.32 Å². The van der Waals surface area contributed by atoms with Gasteiger partial charge in [0.1, 0.15) is 0 Å². The number of pyridine rings is 1. The Morgan fingerprint density at radius 2 is 2.31 bits per heavy atom. The van der Waals surface area contributed by atoms with Crippen molar-refractivity contribution in [1.29, 1.82) is 0 Å². The van der Waals surface area contributed by atoms with Gasteiger partial charge in [-0.2, -0.15) is 0 Å². The Balaban J connectivity index is 2.29. The second kappa shape index (κ2) is 3.82. The first-order chi connectivity index (χ1) is 6.27. The SMILES string of the molecule is Clc1cnc(C2CCCN2)c(Cl)c1. The maximum Gasteiger partial charge on any atom is 0.0760 e. The summed E-state index contributed by atoms with van der Waals surface area (Å²) in [6.07, 6.45) is 3.93. The molecule has 0 spiro atoms. The molecule has 1 aliphatic heterocycles. The van der Waals surface area contributed by atoms with Crippen LogP contribution in [-0.4, -0.2) is 11.5 Å². The highest BCUT2D eigenvalue weighted by Crippen LogP contribution is 2.28. The molecule has 1 fully saturated rings. The molecule has 1 aromatic rings. The predicted octanol–water partition coefficient (Wildman–Crippen LogP) is 2.81. The average Bonchev–Trinajstić information content (AvgIpc) is 2.56. The molecule has 0 aromatic carbocycles. The van der Waals surface area contributed by atoms with E-state index in [4.69, 9.17) is 23.2 Å². The van der Waals surface area contributed by atoms with E-state index < -0.39 is 0 Å². The minimum atomic E-state index is 0.310. The van der Waals surface area contributed by atoms with Crippen molar-refractivity contribution in [3.8, 4) is 0 Å². The summed E-state index contributed by atoms with van der Waals surface area (Å²) in [5.41, 5.74) is 0.920. The fourth-order valence-electron chi connectivity index (χ4n) is 1.60. The molecule has 2 nitrogen and oxygen atoms in total. The van der Waals surface area contributed by atoms with Gasteiger partial charge in [0, 0.05) is 6.20 Å². The lowest BCUT2D eigenvalue weighted by Crippen LogP contribution is -2.14. The van der Waals surface area contributed by atoms with Crippen LogP contribution in [0.2, 0.25) is 10.0 Å². The Morgan fingerprint density at radius 3 is 2.92 bits per heavy atom. The summed E-state index contributed by atoms with van der Waals surface area (Å²) < 4.78 is 0. The fourth-order valence-corrected chi connectivity index (χ4v) is 2.11. The first-order valence-electron chi connectivity index (χ1n) is 4.31. The molecule has 1 aliphatic rings. The molecule has 13 heavy (non-hydrogen) atoms. The van der Waals surface area contributed by atoms with E-state index >= 15 is 0 Å². The lowest BCUT2D eigenvalue weighted by molar-refractivity contribution is 0.628. The van der Waals surface area contributed by atoms with Crippen LogP contribution in [0.4, 0.5) is 0 Å². The second-order valence-electron chi connectivity index (χ2n) is 3.17. The van der Waals surface area contributed by atoms with E-state index in [9.17, 15) is 0 Å². The fraction of sp³-hybridized carbons (Fsp3) is 0.444. The van der Waals surface area contributed by atoms with Crippen molar-refractivity contribution in [3.05, 3.63) is 28.0 Å². The monoisotopic (exact) mass is 216 g/mol. The number of nitrogens with one attached hydrogen (secondary N) is 1. The van der Waals surface area contributed by atoms with Crippen LogP contribution < -0.4 is 5.32 Å². The summed E-state index contributed by atoms with van der Waals surface area (Å²) in [4.78, 5) is 4.23. The molecule has 0 radical (unpaired) electrons. The zero-order valence-electron chi connectivity index (χ0n) is 7.06. The minimum Gasteiger partial charge on any atom is -0.309 e. The van der Waals surface area contributed by atoms with Crippen LogP contribution in [0.15, 0.2) is 12.3 Å². The Labute approximate surface area is 87.3 Å². The first-order valence-corrected chi connectivity index (χ1v) is 5.07. The number of nitrogens with zero attached hydrogens (tertiary/aromatic N) is 1. The van der Waals surface area contributed by atoms with Gasteiger partial charge in [-0.25, -0.2) is 0 Å². The van der Waals surface area contributed by atoms with E-state index in [2.05, 4.69) is 10.3 Å². The molecule has 0 aliphatic carbocycles. The highest BCUT2D eigenvalue weighted by molar-refractivity contribution is 6.34. The third kappa shape index (κ3) is 1.96. The minimum absolute atomic E-state index is 0.310. The van der Waals surface area contributed by atoms with Crippen LogP contribution in [0.5, 0.6) is 0 Å². The number of aromatic nitrogens is 1. The molecule has 0 saturated carbocycles.